The van der Waals surface area contributed by atoms with E-state index in [4.69, 9.17) is 0 Å². The van der Waals surface area contributed by atoms with Gasteiger partial charge in [-0.25, -0.2) is 0 Å². The van der Waals surface area contributed by atoms with Gasteiger partial charge in [-0.1, -0.05) is 48.5 Å². The first kappa shape index (κ1) is 12.9. The first-order valence-corrected chi connectivity index (χ1v) is 6.71. The number of carbonyl (C=O) groups is 1. The molecule has 3 nitrogen and oxygen atoms in total. The maximum Gasteiger partial charge on any atom is 0.240 e. The minimum atomic E-state index is -0.854. The molecule has 0 fully saturated rings. The summed E-state index contributed by atoms with van der Waals surface area (Å²) in [5.74, 6) is -0.0370. The van der Waals surface area contributed by atoms with E-state index in [0.29, 0.717) is 6.42 Å². The van der Waals surface area contributed by atoms with E-state index in [9.17, 15) is 9.90 Å². The number of hydrogen-bond donors (Lipinski definition) is 1. The van der Waals surface area contributed by atoms with Gasteiger partial charge in [0, 0.05) is 12.7 Å². The Bertz CT molecular complexity index is 638. The van der Waals surface area contributed by atoms with Gasteiger partial charge in [-0.2, -0.15) is 0 Å². The number of fused-ring (bicyclic) bond motifs is 1. The topological polar surface area (TPSA) is 40.5 Å². The van der Waals surface area contributed by atoms with Gasteiger partial charge in [-0.05, 0) is 23.6 Å². The second-order valence-corrected chi connectivity index (χ2v) is 5.28. The van der Waals surface area contributed by atoms with Crippen LogP contribution in [0.25, 0.3) is 0 Å². The van der Waals surface area contributed by atoms with Gasteiger partial charge >= 0.3 is 0 Å². The minimum Gasteiger partial charge on any atom is -0.395 e. The van der Waals surface area contributed by atoms with Crippen molar-refractivity contribution in [2.24, 2.45) is 0 Å². The number of amides is 1. The molecule has 0 aromatic heterocycles. The van der Waals surface area contributed by atoms with Crippen LogP contribution in [0.5, 0.6) is 0 Å². The molecule has 102 valence electrons. The Kier molecular flexibility index (Phi) is 3.07. The lowest BCUT2D eigenvalue weighted by Crippen LogP contribution is -2.43. The fourth-order valence-electron chi connectivity index (χ4n) is 3.04. The highest BCUT2D eigenvalue weighted by atomic mass is 16.3. The zero-order valence-electron chi connectivity index (χ0n) is 11.4. The van der Waals surface area contributed by atoms with E-state index in [1.807, 2.05) is 54.6 Å². The molecule has 2 aromatic rings. The van der Waals surface area contributed by atoms with Crippen molar-refractivity contribution in [2.45, 2.75) is 11.8 Å². The molecule has 1 N–H and O–H groups in total. The fourth-order valence-corrected chi connectivity index (χ4v) is 3.04. The van der Waals surface area contributed by atoms with Gasteiger partial charge in [-0.3, -0.25) is 4.79 Å². The molecule has 1 aliphatic rings. The zero-order valence-corrected chi connectivity index (χ0v) is 11.4. The van der Waals surface area contributed by atoms with E-state index < -0.39 is 5.41 Å². The highest BCUT2D eigenvalue weighted by Crippen LogP contribution is 2.42. The summed E-state index contributed by atoms with van der Waals surface area (Å²) in [5.41, 5.74) is 2.01. The van der Waals surface area contributed by atoms with E-state index in [2.05, 4.69) is 0 Å². The van der Waals surface area contributed by atoms with Crippen LogP contribution in [0.3, 0.4) is 0 Å². The van der Waals surface area contributed by atoms with Crippen LogP contribution in [-0.2, 0) is 16.6 Å². The summed E-state index contributed by atoms with van der Waals surface area (Å²) in [5, 5.41) is 9.97. The molecule has 3 rings (SSSR count). The Balaban J connectivity index is 2.11. The first-order chi connectivity index (χ1) is 9.69. The average molecular weight is 267 g/mol. The standard InChI is InChI=1S/C17H17NO2/c1-18-15-10-6-5-9-14(15)17(12-19,16(18)20)11-13-7-3-2-4-8-13/h2-10,19H,11-12H2,1H3/t17-/m1/s1. The number of hydrogen-bond acceptors (Lipinski definition) is 2. The number of anilines is 1. The summed E-state index contributed by atoms with van der Waals surface area (Å²) in [6.07, 6.45) is 0.518. The molecule has 0 aliphatic carbocycles. The lowest BCUT2D eigenvalue weighted by Gasteiger charge is -2.26. The molecule has 1 aliphatic heterocycles. The fraction of sp³-hybridized carbons (Fsp3) is 0.235. The third-order valence-electron chi connectivity index (χ3n) is 4.11. The smallest absolute Gasteiger partial charge is 0.240 e. The first-order valence-electron chi connectivity index (χ1n) is 6.71. The van der Waals surface area contributed by atoms with Crippen LogP contribution in [0.2, 0.25) is 0 Å². The van der Waals surface area contributed by atoms with E-state index in [0.717, 1.165) is 16.8 Å². The van der Waals surface area contributed by atoms with E-state index in [-0.39, 0.29) is 12.5 Å². The van der Waals surface area contributed by atoms with Crippen molar-refractivity contribution in [1.29, 1.82) is 0 Å². The number of rotatable bonds is 3. The predicted octanol–water partition coefficient (Wildman–Crippen LogP) is 2.14. The summed E-state index contributed by atoms with van der Waals surface area (Å²) in [4.78, 5) is 14.3. The van der Waals surface area contributed by atoms with Gasteiger partial charge < -0.3 is 10.0 Å². The van der Waals surface area contributed by atoms with E-state index in [1.165, 1.54) is 0 Å². The van der Waals surface area contributed by atoms with E-state index >= 15 is 0 Å². The summed E-state index contributed by atoms with van der Waals surface area (Å²) < 4.78 is 0. The Morgan fingerprint density at radius 1 is 1.05 bits per heavy atom. The number of benzene rings is 2. The number of aliphatic hydroxyl groups excluding tert-OH is 1. The highest BCUT2D eigenvalue weighted by molar-refractivity contribution is 6.08. The molecule has 1 amide bonds. The molecule has 1 heterocycles. The van der Waals surface area contributed by atoms with Crippen LogP contribution >= 0.6 is 0 Å². The third kappa shape index (κ3) is 1.74. The number of para-hydroxylation sites is 1. The Morgan fingerprint density at radius 3 is 2.40 bits per heavy atom. The third-order valence-corrected chi connectivity index (χ3v) is 4.11. The summed E-state index contributed by atoms with van der Waals surface area (Å²) in [7, 11) is 1.77. The Labute approximate surface area is 118 Å². The SMILES string of the molecule is CN1C(=O)[C@@](CO)(Cc2ccccc2)c2ccccc21. The van der Waals surface area contributed by atoms with Gasteiger partial charge in [0.2, 0.25) is 5.91 Å². The van der Waals surface area contributed by atoms with Crippen LogP contribution in [0.4, 0.5) is 5.69 Å². The number of carbonyl (C=O) groups excluding carboxylic acids is 1. The van der Waals surface area contributed by atoms with Gasteiger partial charge in [0.05, 0.1) is 6.61 Å². The summed E-state index contributed by atoms with van der Waals surface area (Å²) >= 11 is 0. The van der Waals surface area contributed by atoms with Crippen LogP contribution < -0.4 is 4.90 Å². The van der Waals surface area contributed by atoms with Crippen molar-refractivity contribution >= 4 is 11.6 Å². The van der Waals surface area contributed by atoms with Crippen LogP contribution in [0, 0.1) is 0 Å². The lowest BCUT2D eigenvalue weighted by molar-refractivity contribution is -0.124. The van der Waals surface area contributed by atoms with Crippen LogP contribution in [0.1, 0.15) is 11.1 Å². The molecular weight excluding hydrogens is 250 g/mol. The Hall–Kier alpha value is -2.13. The molecule has 2 aromatic carbocycles. The molecule has 1 atom stereocenters. The predicted molar refractivity (Wildman–Crippen MR) is 78.8 cm³/mol. The summed E-state index contributed by atoms with van der Waals surface area (Å²) in [6, 6.07) is 17.5. The average Bonchev–Trinajstić information content (AvgIpc) is 2.71. The molecule has 0 unspecified atom stereocenters. The van der Waals surface area contributed by atoms with Gasteiger partial charge in [0.1, 0.15) is 5.41 Å². The van der Waals surface area contributed by atoms with Gasteiger partial charge in [-0.15, -0.1) is 0 Å². The molecule has 0 spiro atoms. The maximum atomic E-state index is 12.7. The largest absolute Gasteiger partial charge is 0.395 e. The molecule has 3 heteroatoms. The number of nitrogens with zero attached hydrogens (tertiary/aromatic N) is 1. The number of likely N-dealkylation sites (N-methyl/N-ethyl adjacent to an activating group) is 1. The van der Waals surface area contributed by atoms with Gasteiger partial charge in [0.15, 0.2) is 0 Å². The molecule has 20 heavy (non-hydrogen) atoms. The van der Waals surface area contributed by atoms with Crippen molar-refractivity contribution < 1.29 is 9.90 Å². The Morgan fingerprint density at radius 2 is 1.70 bits per heavy atom. The van der Waals surface area contributed by atoms with Gasteiger partial charge in [0.25, 0.3) is 0 Å². The lowest BCUT2D eigenvalue weighted by atomic mass is 9.77. The molecule has 0 saturated heterocycles. The second-order valence-electron chi connectivity index (χ2n) is 5.28. The summed E-state index contributed by atoms with van der Waals surface area (Å²) in [6.45, 7) is -0.178. The number of aliphatic hydroxyl groups is 1. The van der Waals surface area contributed by atoms with E-state index in [1.54, 1.807) is 11.9 Å². The van der Waals surface area contributed by atoms with Crippen LogP contribution in [0.15, 0.2) is 54.6 Å². The maximum absolute atomic E-state index is 12.7. The monoisotopic (exact) mass is 267 g/mol. The molecule has 0 bridgehead atoms. The quantitative estimate of drug-likeness (QED) is 0.925. The van der Waals surface area contributed by atoms with Crippen molar-refractivity contribution in [1.82, 2.24) is 0 Å². The minimum absolute atomic E-state index is 0.0370. The molecule has 0 radical (unpaired) electrons. The molecule has 0 saturated carbocycles. The van der Waals surface area contributed by atoms with Crippen molar-refractivity contribution in [3.63, 3.8) is 0 Å². The zero-order chi connectivity index (χ0) is 14.2. The van der Waals surface area contributed by atoms with Crippen LogP contribution in [-0.4, -0.2) is 24.7 Å². The normalized spacial score (nSPS) is 21.1. The van der Waals surface area contributed by atoms with Crippen molar-refractivity contribution in [2.75, 3.05) is 18.6 Å². The van der Waals surface area contributed by atoms with Crippen molar-refractivity contribution in [3.8, 4) is 0 Å². The molecular formula is C17H17NO2. The second kappa shape index (κ2) is 4.76. The van der Waals surface area contributed by atoms with Crippen molar-refractivity contribution in [3.05, 3.63) is 65.7 Å². The highest BCUT2D eigenvalue weighted by Gasteiger charge is 2.49.